The van der Waals surface area contributed by atoms with Crippen LogP contribution in [0.4, 0.5) is 0 Å². The normalized spacial score (nSPS) is 14.3. The molecule has 1 unspecified atom stereocenters. The fraction of sp³-hybridized carbons (Fsp3) is 1.00. The molecule has 0 bridgehead atoms. The first-order chi connectivity index (χ1) is 3.31. The number of methoxy groups -OCH3 is 2. The van der Waals surface area contributed by atoms with E-state index >= 15 is 0 Å². The van der Waals surface area contributed by atoms with Crippen molar-refractivity contribution in [3.05, 3.63) is 0 Å². The van der Waals surface area contributed by atoms with Crippen molar-refractivity contribution in [2.24, 2.45) is 0 Å². The number of hydrogen-bond acceptors (Lipinski definition) is 2. The molecule has 0 aliphatic rings. The molecule has 38 valence electrons. The van der Waals surface area contributed by atoms with Crippen molar-refractivity contribution in [3.63, 3.8) is 0 Å². The zero-order valence-electron chi connectivity index (χ0n) is 4.51. The summed E-state index contributed by atoms with van der Waals surface area (Å²) in [7, 11) is 3.34. The molecular formula is C4H9MoO2+5. The average Bonchev–Trinajstić information content (AvgIpc) is 1.68. The van der Waals surface area contributed by atoms with Crippen molar-refractivity contribution >= 4 is 0 Å². The summed E-state index contributed by atoms with van der Waals surface area (Å²) in [6.45, 7) is 0.682. The molecule has 0 aliphatic carbocycles. The van der Waals surface area contributed by atoms with Crippen LogP contribution in [0.15, 0.2) is 0 Å². The van der Waals surface area contributed by atoms with E-state index in [0.29, 0.717) is 6.61 Å². The second-order valence-electron chi connectivity index (χ2n) is 1.12. The first-order valence-electron chi connectivity index (χ1n) is 1.98. The van der Waals surface area contributed by atoms with Gasteiger partial charge < -0.3 is 0 Å². The molecule has 0 amide bonds. The molecule has 0 saturated heterocycles. The van der Waals surface area contributed by atoms with E-state index in [4.69, 9.17) is 9.47 Å². The molecule has 0 spiro atoms. The molecule has 0 radical (unpaired) electrons. The monoisotopic (exact) mass is 187 g/mol. The average molecular weight is 185 g/mol. The SMILES string of the molecule is COC[CH]([Mo+5])OC. The third-order valence-electron chi connectivity index (χ3n) is 0.566. The summed E-state index contributed by atoms with van der Waals surface area (Å²) in [5.41, 5.74) is 0. The molecule has 0 N–H and O–H groups in total. The van der Waals surface area contributed by atoms with E-state index in [0.717, 1.165) is 0 Å². The van der Waals surface area contributed by atoms with E-state index in [1.807, 2.05) is 19.8 Å². The Labute approximate surface area is 55.1 Å². The van der Waals surface area contributed by atoms with Gasteiger partial charge in [0, 0.05) is 0 Å². The number of hydrogen-bond donors (Lipinski definition) is 0. The van der Waals surface area contributed by atoms with Crippen LogP contribution in [0.1, 0.15) is 0 Å². The summed E-state index contributed by atoms with van der Waals surface area (Å²) in [5, 5.41) is 0. The summed E-state index contributed by atoms with van der Waals surface area (Å²) in [4.78, 5) is 0. The summed E-state index contributed by atoms with van der Waals surface area (Å²) < 4.78 is 9.88. The maximum atomic E-state index is 4.87. The summed E-state index contributed by atoms with van der Waals surface area (Å²) in [6.07, 6.45) is 0. The topological polar surface area (TPSA) is 18.5 Å². The first kappa shape index (κ1) is 7.61. The fourth-order valence-corrected chi connectivity index (χ4v) is 0.539. The van der Waals surface area contributed by atoms with Crippen molar-refractivity contribution in [2.45, 2.75) is 4.49 Å². The molecule has 0 saturated carbocycles. The molecule has 7 heavy (non-hydrogen) atoms. The van der Waals surface area contributed by atoms with E-state index in [1.54, 1.807) is 14.2 Å². The van der Waals surface area contributed by atoms with Gasteiger partial charge in [0.2, 0.25) is 0 Å². The van der Waals surface area contributed by atoms with Gasteiger partial charge in [-0.25, -0.2) is 0 Å². The molecule has 2 nitrogen and oxygen atoms in total. The molecule has 0 aromatic heterocycles. The minimum atomic E-state index is 0.237. The van der Waals surface area contributed by atoms with Crippen LogP contribution in [-0.2, 0) is 29.3 Å². The predicted molar refractivity (Wildman–Crippen MR) is 22.7 cm³/mol. The van der Waals surface area contributed by atoms with Crippen molar-refractivity contribution < 1.29 is 29.3 Å². The molecule has 3 heteroatoms. The molecule has 0 aromatic carbocycles. The van der Waals surface area contributed by atoms with E-state index in [1.165, 1.54) is 0 Å². The second-order valence-corrected chi connectivity index (χ2v) is 2.41. The Balaban J connectivity index is 2.83. The molecule has 0 heterocycles. The molecular weight excluding hydrogens is 176 g/mol. The summed E-state index contributed by atoms with van der Waals surface area (Å²) >= 11 is 1.90. The minimum absolute atomic E-state index is 0.237. The Bertz CT molecular complexity index is 40.7. The van der Waals surface area contributed by atoms with Gasteiger partial charge in [-0.2, -0.15) is 0 Å². The Kier molecular flexibility index (Phi) is 5.17. The Morgan fingerprint density at radius 2 is 2.14 bits per heavy atom. The van der Waals surface area contributed by atoms with E-state index < -0.39 is 0 Å². The van der Waals surface area contributed by atoms with Crippen molar-refractivity contribution in [1.29, 1.82) is 0 Å². The zero-order valence-corrected chi connectivity index (χ0v) is 6.52. The van der Waals surface area contributed by atoms with Gasteiger partial charge in [0.15, 0.2) is 0 Å². The third kappa shape index (κ3) is 4.46. The van der Waals surface area contributed by atoms with Crippen LogP contribution in [0, 0.1) is 0 Å². The molecule has 0 aromatic rings. The third-order valence-corrected chi connectivity index (χ3v) is 1.37. The first-order valence-corrected chi connectivity index (χ1v) is 3.14. The van der Waals surface area contributed by atoms with Crippen LogP contribution in [0.25, 0.3) is 0 Å². The Hall–Kier alpha value is 0.608. The van der Waals surface area contributed by atoms with Gasteiger partial charge in [-0.3, -0.25) is 0 Å². The standard InChI is InChI=1S/C4H9O2.Mo/c1-5-3-4-6-2;/h3H,4H2,1-2H3;/q;+5. The number of rotatable bonds is 3. The van der Waals surface area contributed by atoms with Crippen LogP contribution in [0.2, 0.25) is 0 Å². The number of ether oxygens (including phenoxy) is 2. The summed E-state index contributed by atoms with van der Waals surface area (Å²) in [6, 6.07) is 0. The van der Waals surface area contributed by atoms with Crippen molar-refractivity contribution in [2.75, 3.05) is 20.8 Å². The Morgan fingerprint density at radius 3 is 2.29 bits per heavy atom. The van der Waals surface area contributed by atoms with Crippen LogP contribution in [0.5, 0.6) is 0 Å². The summed E-state index contributed by atoms with van der Waals surface area (Å²) in [5.74, 6) is 0. The van der Waals surface area contributed by atoms with Gasteiger partial charge in [0.25, 0.3) is 0 Å². The fourth-order valence-electron chi connectivity index (χ4n) is 0.204. The quantitative estimate of drug-likeness (QED) is 0.583. The van der Waals surface area contributed by atoms with E-state index in [2.05, 4.69) is 0 Å². The molecule has 0 fully saturated rings. The van der Waals surface area contributed by atoms with Crippen LogP contribution in [0.3, 0.4) is 0 Å². The molecule has 0 rings (SSSR count). The van der Waals surface area contributed by atoms with Gasteiger partial charge in [-0.1, -0.05) is 0 Å². The molecule has 1 atom stereocenters. The van der Waals surface area contributed by atoms with Gasteiger partial charge in [-0.05, 0) is 0 Å². The van der Waals surface area contributed by atoms with Crippen molar-refractivity contribution in [1.82, 2.24) is 0 Å². The van der Waals surface area contributed by atoms with Crippen molar-refractivity contribution in [3.8, 4) is 0 Å². The Morgan fingerprint density at radius 1 is 1.57 bits per heavy atom. The van der Waals surface area contributed by atoms with Gasteiger partial charge >= 0.3 is 54.6 Å². The van der Waals surface area contributed by atoms with Gasteiger partial charge in [0.1, 0.15) is 0 Å². The zero-order chi connectivity index (χ0) is 5.70. The predicted octanol–water partition coefficient (Wildman–Crippen LogP) is 0.152. The van der Waals surface area contributed by atoms with Crippen LogP contribution >= 0.6 is 0 Å². The van der Waals surface area contributed by atoms with Crippen LogP contribution < -0.4 is 0 Å². The second kappa shape index (κ2) is 4.76. The maximum absolute atomic E-state index is 4.87. The molecule has 0 aliphatic heterocycles. The van der Waals surface area contributed by atoms with Gasteiger partial charge in [0.05, 0.1) is 0 Å². The van der Waals surface area contributed by atoms with E-state index in [9.17, 15) is 0 Å². The van der Waals surface area contributed by atoms with Gasteiger partial charge in [-0.15, -0.1) is 0 Å². The van der Waals surface area contributed by atoms with E-state index in [-0.39, 0.29) is 4.49 Å². The van der Waals surface area contributed by atoms with Crippen LogP contribution in [-0.4, -0.2) is 25.3 Å².